The van der Waals surface area contributed by atoms with E-state index in [2.05, 4.69) is 30.8 Å². The molecule has 2 aromatic heterocycles. The smallest absolute Gasteiger partial charge is 0.244 e. The van der Waals surface area contributed by atoms with Gasteiger partial charge in [0.05, 0.1) is 6.20 Å². The van der Waals surface area contributed by atoms with Gasteiger partial charge in [0.1, 0.15) is 11.5 Å². The molecule has 0 aliphatic carbocycles. The summed E-state index contributed by atoms with van der Waals surface area (Å²) >= 11 is 0. The molecule has 2 heterocycles. The number of pyridine rings is 1. The van der Waals surface area contributed by atoms with Gasteiger partial charge in [-0.3, -0.25) is 4.98 Å². The first-order chi connectivity index (χ1) is 13.8. The molecule has 0 aliphatic heterocycles. The molecular formula is C21H18N6O. The molecule has 0 saturated heterocycles. The summed E-state index contributed by atoms with van der Waals surface area (Å²) in [5.41, 5.74) is 1.91. The van der Waals surface area contributed by atoms with Crippen LogP contribution in [0.3, 0.4) is 0 Å². The summed E-state index contributed by atoms with van der Waals surface area (Å²) < 4.78 is 5.80. The lowest BCUT2D eigenvalue weighted by Crippen LogP contribution is -2.06. The highest BCUT2D eigenvalue weighted by molar-refractivity contribution is 5.57. The fourth-order valence-corrected chi connectivity index (χ4v) is 2.50. The molecule has 4 rings (SSSR count). The van der Waals surface area contributed by atoms with Crippen molar-refractivity contribution in [1.29, 1.82) is 0 Å². The van der Waals surface area contributed by atoms with Crippen molar-refractivity contribution in [3.63, 3.8) is 0 Å². The molecule has 0 amide bonds. The molecule has 0 radical (unpaired) electrons. The number of rotatable bonds is 7. The highest BCUT2D eigenvalue weighted by atomic mass is 16.5. The molecule has 0 atom stereocenters. The molecule has 2 aromatic carbocycles. The second-order valence-corrected chi connectivity index (χ2v) is 5.94. The van der Waals surface area contributed by atoms with Crippen LogP contribution in [0.4, 0.5) is 17.5 Å². The zero-order valence-electron chi connectivity index (χ0n) is 15.0. The summed E-state index contributed by atoms with van der Waals surface area (Å²) in [6.07, 6.45) is 5.10. The number of hydrogen-bond donors (Lipinski definition) is 2. The lowest BCUT2D eigenvalue weighted by molar-refractivity contribution is 0.483. The zero-order valence-corrected chi connectivity index (χ0v) is 15.0. The molecule has 2 N–H and O–H groups in total. The Morgan fingerprint density at radius 2 is 1.64 bits per heavy atom. The minimum atomic E-state index is 0.442. The Bertz CT molecular complexity index is 1010. The van der Waals surface area contributed by atoms with Crippen LogP contribution in [-0.4, -0.2) is 20.2 Å². The number of benzene rings is 2. The molecule has 0 aliphatic rings. The van der Waals surface area contributed by atoms with Gasteiger partial charge in [-0.25, -0.2) is 0 Å². The Kier molecular flexibility index (Phi) is 5.34. The Morgan fingerprint density at radius 3 is 2.43 bits per heavy atom. The van der Waals surface area contributed by atoms with Crippen LogP contribution in [0.2, 0.25) is 0 Å². The van der Waals surface area contributed by atoms with Crippen molar-refractivity contribution >= 4 is 17.5 Å². The largest absolute Gasteiger partial charge is 0.457 e. The van der Waals surface area contributed by atoms with Gasteiger partial charge in [-0.1, -0.05) is 24.3 Å². The third-order valence-corrected chi connectivity index (χ3v) is 3.84. The van der Waals surface area contributed by atoms with Crippen LogP contribution >= 0.6 is 0 Å². The lowest BCUT2D eigenvalue weighted by Gasteiger charge is -2.09. The van der Waals surface area contributed by atoms with Crippen LogP contribution in [0.1, 0.15) is 5.56 Å². The second-order valence-electron chi connectivity index (χ2n) is 5.94. The van der Waals surface area contributed by atoms with E-state index in [9.17, 15) is 0 Å². The number of anilines is 3. The van der Waals surface area contributed by atoms with Crippen LogP contribution < -0.4 is 15.4 Å². The van der Waals surface area contributed by atoms with Crippen molar-refractivity contribution in [3.8, 4) is 11.5 Å². The van der Waals surface area contributed by atoms with E-state index in [1.165, 1.54) is 0 Å². The van der Waals surface area contributed by atoms with Crippen LogP contribution in [0.15, 0.2) is 85.3 Å². The molecule has 0 unspecified atom stereocenters. The summed E-state index contributed by atoms with van der Waals surface area (Å²) in [6.45, 7) is 0.574. The lowest BCUT2D eigenvalue weighted by atomic mass is 10.3. The fourth-order valence-electron chi connectivity index (χ4n) is 2.50. The number of para-hydroxylation sites is 1. The summed E-state index contributed by atoms with van der Waals surface area (Å²) in [4.78, 5) is 8.51. The molecular weight excluding hydrogens is 352 g/mol. The van der Waals surface area contributed by atoms with Crippen LogP contribution in [0, 0.1) is 0 Å². The first kappa shape index (κ1) is 17.4. The summed E-state index contributed by atoms with van der Waals surface area (Å²) in [5.74, 6) is 2.60. The van der Waals surface area contributed by atoms with E-state index in [0.29, 0.717) is 18.3 Å². The average Bonchev–Trinajstić information content (AvgIpc) is 2.76. The number of nitrogens with zero attached hydrogens (tertiary/aromatic N) is 4. The van der Waals surface area contributed by atoms with E-state index in [0.717, 1.165) is 22.7 Å². The quantitative estimate of drug-likeness (QED) is 0.498. The molecule has 7 heteroatoms. The monoisotopic (exact) mass is 370 g/mol. The predicted molar refractivity (Wildman–Crippen MR) is 108 cm³/mol. The van der Waals surface area contributed by atoms with Crippen molar-refractivity contribution in [3.05, 3.63) is 90.9 Å². The first-order valence-corrected chi connectivity index (χ1v) is 8.78. The first-order valence-electron chi connectivity index (χ1n) is 8.78. The number of nitrogens with one attached hydrogen (secondary N) is 2. The Balaban J connectivity index is 1.37. The Labute approximate surface area is 162 Å². The average molecular weight is 370 g/mol. The van der Waals surface area contributed by atoms with E-state index in [1.807, 2.05) is 66.7 Å². The fraction of sp³-hybridized carbons (Fsp3) is 0.0476. The standard InChI is InChI=1S/C21H18N6O/c1-2-6-18(7-3-1)28-19-10-8-17(9-11-19)25-20-15-24-27-21(26-20)23-14-16-5-4-12-22-13-16/h1-13,15H,14H2,(H2,23,25,26,27). The predicted octanol–water partition coefficient (Wildman–Crippen LogP) is 4.41. The SMILES string of the molecule is c1ccc(Oc2ccc(Nc3cnnc(NCc4cccnc4)n3)cc2)cc1. The molecule has 0 saturated carbocycles. The van der Waals surface area contributed by atoms with Crippen LogP contribution in [0.5, 0.6) is 11.5 Å². The normalized spacial score (nSPS) is 10.3. The zero-order chi connectivity index (χ0) is 19.0. The van der Waals surface area contributed by atoms with E-state index in [-0.39, 0.29) is 0 Å². The topological polar surface area (TPSA) is 84.9 Å². The molecule has 0 spiro atoms. The van der Waals surface area contributed by atoms with Gasteiger partial charge in [-0.05, 0) is 48.0 Å². The maximum Gasteiger partial charge on any atom is 0.244 e. The summed E-state index contributed by atoms with van der Waals surface area (Å²) in [5, 5.41) is 14.3. The van der Waals surface area contributed by atoms with Crippen molar-refractivity contribution in [1.82, 2.24) is 20.2 Å². The van der Waals surface area contributed by atoms with Gasteiger partial charge in [0, 0.05) is 24.6 Å². The second kappa shape index (κ2) is 8.59. The van der Waals surface area contributed by atoms with Gasteiger partial charge >= 0.3 is 0 Å². The Hall–Kier alpha value is -4.00. The van der Waals surface area contributed by atoms with Gasteiger partial charge in [0.15, 0.2) is 5.82 Å². The third-order valence-electron chi connectivity index (χ3n) is 3.84. The van der Waals surface area contributed by atoms with Gasteiger partial charge < -0.3 is 15.4 Å². The molecule has 0 bridgehead atoms. The van der Waals surface area contributed by atoms with Gasteiger partial charge in [0.25, 0.3) is 0 Å². The minimum Gasteiger partial charge on any atom is -0.457 e. The third kappa shape index (κ3) is 4.79. The maximum absolute atomic E-state index is 5.80. The maximum atomic E-state index is 5.80. The minimum absolute atomic E-state index is 0.442. The highest BCUT2D eigenvalue weighted by Gasteiger charge is 2.03. The van der Waals surface area contributed by atoms with Gasteiger partial charge in [0.2, 0.25) is 5.95 Å². The van der Waals surface area contributed by atoms with E-state index < -0.39 is 0 Å². The number of aromatic nitrogens is 4. The van der Waals surface area contributed by atoms with Crippen molar-refractivity contribution in [2.45, 2.75) is 6.54 Å². The molecule has 138 valence electrons. The van der Waals surface area contributed by atoms with Crippen molar-refractivity contribution in [2.75, 3.05) is 10.6 Å². The molecule has 0 fully saturated rings. The number of ether oxygens (including phenoxy) is 1. The van der Waals surface area contributed by atoms with E-state index >= 15 is 0 Å². The van der Waals surface area contributed by atoms with E-state index in [1.54, 1.807) is 18.6 Å². The number of hydrogen-bond acceptors (Lipinski definition) is 7. The van der Waals surface area contributed by atoms with Gasteiger partial charge in [-0.15, -0.1) is 5.10 Å². The van der Waals surface area contributed by atoms with Crippen molar-refractivity contribution < 1.29 is 4.74 Å². The van der Waals surface area contributed by atoms with Crippen molar-refractivity contribution in [2.24, 2.45) is 0 Å². The van der Waals surface area contributed by atoms with Crippen LogP contribution in [0.25, 0.3) is 0 Å². The molecule has 7 nitrogen and oxygen atoms in total. The summed E-state index contributed by atoms with van der Waals surface area (Å²) in [6, 6.07) is 21.2. The highest BCUT2D eigenvalue weighted by Crippen LogP contribution is 2.23. The van der Waals surface area contributed by atoms with Crippen LogP contribution in [-0.2, 0) is 6.54 Å². The molecule has 4 aromatic rings. The van der Waals surface area contributed by atoms with E-state index in [4.69, 9.17) is 4.74 Å². The Morgan fingerprint density at radius 1 is 0.821 bits per heavy atom. The summed E-state index contributed by atoms with van der Waals surface area (Å²) in [7, 11) is 0. The van der Waals surface area contributed by atoms with Gasteiger partial charge in [-0.2, -0.15) is 10.1 Å². The molecule has 28 heavy (non-hydrogen) atoms.